The van der Waals surface area contributed by atoms with Gasteiger partial charge in [-0.3, -0.25) is 4.90 Å². The molecule has 0 aliphatic carbocycles. The Morgan fingerprint density at radius 1 is 1.13 bits per heavy atom. The largest absolute Gasteiger partial charge is 0.379 e. The number of nitrogens with zero attached hydrogens (tertiary/aromatic N) is 2. The molecule has 0 aromatic rings. The third-order valence-corrected chi connectivity index (χ3v) is 3.96. The molecule has 88 valence electrons. The SMILES string of the molecule is COC1CN(C2CCN(C(C)C)CC2)C1. The summed E-state index contributed by atoms with van der Waals surface area (Å²) in [6.07, 6.45) is 3.19. The number of rotatable bonds is 3. The summed E-state index contributed by atoms with van der Waals surface area (Å²) in [6, 6.07) is 1.54. The van der Waals surface area contributed by atoms with E-state index in [2.05, 4.69) is 23.6 Å². The first kappa shape index (κ1) is 11.4. The highest BCUT2D eigenvalue weighted by Gasteiger charge is 2.34. The molecule has 2 saturated heterocycles. The van der Waals surface area contributed by atoms with Gasteiger partial charge >= 0.3 is 0 Å². The van der Waals surface area contributed by atoms with Gasteiger partial charge in [-0.1, -0.05) is 0 Å². The number of likely N-dealkylation sites (tertiary alicyclic amines) is 2. The lowest BCUT2D eigenvalue weighted by atomic mass is 9.98. The molecule has 3 nitrogen and oxygen atoms in total. The normalized spacial score (nSPS) is 27.2. The lowest BCUT2D eigenvalue weighted by Gasteiger charge is -2.47. The summed E-state index contributed by atoms with van der Waals surface area (Å²) in [7, 11) is 1.82. The smallest absolute Gasteiger partial charge is 0.0825 e. The van der Waals surface area contributed by atoms with E-state index in [9.17, 15) is 0 Å². The highest BCUT2D eigenvalue weighted by molar-refractivity contribution is 4.89. The van der Waals surface area contributed by atoms with Crippen LogP contribution in [0, 0.1) is 0 Å². The summed E-state index contributed by atoms with van der Waals surface area (Å²) in [5, 5.41) is 0. The van der Waals surface area contributed by atoms with E-state index in [1.807, 2.05) is 7.11 Å². The Balaban J connectivity index is 1.70. The summed E-state index contributed by atoms with van der Waals surface area (Å²) in [5.74, 6) is 0. The van der Waals surface area contributed by atoms with Crippen molar-refractivity contribution in [2.24, 2.45) is 0 Å². The van der Waals surface area contributed by atoms with Gasteiger partial charge in [0.2, 0.25) is 0 Å². The van der Waals surface area contributed by atoms with Crippen molar-refractivity contribution in [3.63, 3.8) is 0 Å². The van der Waals surface area contributed by atoms with Crippen molar-refractivity contribution in [3.8, 4) is 0 Å². The molecule has 0 amide bonds. The molecule has 15 heavy (non-hydrogen) atoms. The van der Waals surface area contributed by atoms with Crippen LogP contribution < -0.4 is 0 Å². The topological polar surface area (TPSA) is 15.7 Å². The van der Waals surface area contributed by atoms with Crippen LogP contribution in [0.4, 0.5) is 0 Å². The lowest BCUT2D eigenvalue weighted by Crippen LogP contribution is -2.58. The van der Waals surface area contributed by atoms with Crippen LogP contribution in [-0.2, 0) is 4.74 Å². The minimum absolute atomic E-state index is 0.508. The van der Waals surface area contributed by atoms with Gasteiger partial charge in [-0.2, -0.15) is 0 Å². The van der Waals surface area contributed by atoms with Gasteiger partial charge in [0.15, 0.2) is 0 Å². The molecule has 2 heterocycles. The highest BCUT2D eigenvalue weighted by atomic mass is 16.5. The number of hydrogen-bond acceptors (Lipinski definition) is 3. The minimum atomic E-state index is 0.508. The maximum Gasteiger partial charge on any atom is 0.0825 e. The van der Waals surface area contributed by atoms with E-state index < -0.39 is 0 Å². The second-order valence-electron chi connectivity index (χ2n) is 5.17. The molecule has 0 unspecified atom stereocenters. The van der Waals surface area contributed by atoms with Gasteiger partial charge in [-0.15, -0.1) is 0 Å². The Hall–Kier alpha value is -0.120. The zero-order valence-electron chi connectivity index (χ0n) is 10.3. The first-order valence-electron chi connectivity index (χ1n) is 6.21. The zero-order chi connectivity index (χ0) is 10.8. The molecular formula is C12H24N2O. The molecular weight excluding hydrogens is 188 g/mol. The molecule has 0 bridgehead atoms. The summed E-state index contributed by atoms with van der Waals surface area (Å²) >= 11 is 0. The molecule has 2 aliphatic rings. The number of hydrogen-bond donors (Lipinski definition) is 0. The van der Waals surface area contributed by atoms with Crippen molar-refractivity contribution in [1.82, 2.24) is 9.80 Å². The van der Waals surface area contributed by atoms with E-state index >= 15 is 0 Å². The molecule has 0 atom stereocenters. The summed E-state index contributed by atoms with van der Waals surface area (Å²) < 4.78 is 5.31. The molecule has 0 N–H and O–H groups in total. The molecule has 3 heteroatoms. The van der Waals surface area contributed by atoms with Crippen molar-refractivity contribution in [2.45, 2.75) is 44.9 Å². The van der Waals surface area contributed by atoms with E-state index in [0.717, 1.165) is 19.1 Å². The monoisotopic (exact) mass is 212 g/mol. The summed E-state index contributed by atoms with van der Waals surface area (Å²) in [6.45, 7) is 9.45. The Bertz CT molecular complexity index is 194. The Kier molecular flexibility index (Phi) is 3.65. The van der Waals surface area contributed by atoms with Gasteiger partial charge in [0.05, 0.1) is 6.10 Å². The highest BCUT2D eigenvalue weighted by Crippen LogP contribution is 2.23. The van der Waals surface area contributed by atoms with E-state index in [1.165, 1.54) is 25.9 Å². The van der Waals surface area contributed by atoms with Crippen molar-refractivity contribution < 1.29 is 4.74 Å². The van der Waals surface area contributed by atoms with E-state index in [1.54, 1.807) is 0 Å². The Labute approximate surface area is 93.4 Å². The number of methoxy groups -OCH3 is 1. The van der Waals surface area contributed by atoms with Crippen LogP contribution in [0.2, 0.25) is 0 Å². The quantitative estimate of drug-likeness (QED) is 0.699. The van der Waals surface area contributed by atoms with Gasteiger partial charge in [0, 0.05) is 32.3 Å². The van der Waals surface area contributed by atoms with Gasteiger partial charge < -0.3 is 9.64 Å². The average molecular weight is 212 g/mol. The Morgan fingerprint density at radius 3 is 2.20 bits per heavy atom. The summed E-state index contributed by atoms with van der Waals surface area (Å²) in [5.41, 5.74) is 0. The number of ether oxygens (including phenoxy) is 1. The minimum Gasteiger partial charge on any atom is -0.379 e. The molecule has 2 rings (SSSR count). The van der Waals surface area contributed by atoms with Crippen LogP contribution in [0.25, 0.3) is 0 Å². The summed E-state index contributed by atoms with van der Waals surface area (Å²) in [4.78, 5) is 5.18. The molecule has 2 aliphatic heterocycles. The van der Waals surface area contributed by atoms with Crippen molar-refractivity contribution in [2.75, 3.05) is 33.3 Å². The second kappa shape index (κ2) is 4.81. The Morgan fingerprint density at radius 2 is 1.73 bits per heavy atom. The third kappa shape index (κ3) is 2.52. The fraction of sp³-hybridized carbons (Fsp3) is 1.00. The van der Waals surface area contributed by atoms with Crippen LogP contribution >= 0.6 is 0 Å². The zero-order valence-corrected chi connectivity index (χ0v) is 10.3. The van der Waals surface area contributed by atoms with Crippen molar-refractivity contribution in [3.05, 3.63) is 0 Å². The van der Waals surface area contributed by atoms with Crippen LogP contribution in [0.1, 0.15) is 26.7 Å². The van der Waals surface area contributed by atoms with E-state index in [0.29, 0.717) is 12.1 Å². The van der Waals surface area contributed by atoms with E-state index in [-0.39, 0.29) is 0 Å². The van der Waals surface area contributed by atoms with Gasteiger partial charge in [0.25, 0.3) is 0 Å². The molecule has 0 spiro atoms. The second-order valence-corrected chi connectivity index (χ2v) is 5.17. The first-order chi connectivity index (χ1) is 7.20. The van der Waals surface area contributed by atoms with Crippen LogP contribution in [0.5, 0.6) is 0 Å². The molecule has 0 aromatic carbocycles. The van der Waals surface area contributed by atoms with Crippen LogP contribution in [0.3, 0.4) is 0 Å². The lowest BCUT2D eigenvalue weighted by molar-refractivity contribution is -0.0630. The first-order valence-corrected chi connectivity index (χ1v) is 6.21. The number of piperidine rings is 1. The van der Waals surface area contributed by atoms with Gasteiger partial charge in [-0.25, -0.2) is 0 Å². The van der Waals surface area contributed by atoms with Gasteiger partial charge in [-0.05, 0) is 39.8 Å². The molecule has 2 fully saturated rings. The third-order valence-electron chi connectivity index (χ3n) is 3.96. The van der Waals surface area contributed by atoms with E-state index in [4.69, 9.17) is 4.74 Å². The predicted octanol–water partition coefficient (Wildman–Crippen LogP) is 1.19. The van der Waals surface area contributed by atoms with Gasteiger partial charge in [0.1, 0.15) is 0 Å². The molecule has 0 aromatic heterocycles. The molecule has 0 saturated carbocycles. The standard InChI is InChI=1S/C12H24N2O/c1-10(2)13-6-4-11(5-7-13)14-8-12(9-14)15-3/h10-12H,4-9H2,1-3H3. The van der Waals surface area contributed by atoms with Crippen LogP contribution in [0.15, 0.2) is 0 Å². The predicted molar refractivity (Wildman–Crippen MR) is 62.1 cm³/mol. The fourth-order valence-corrected chi connectivity index (χ4v) is 2.68. The van der Waals surface area contributed by atoms with Crippen molar-refractivity contribution in [1.29, 1.82) is 0 Å². The fourth-order valence-electron chi connectivity index (χ4n) is 2.68. The molecule has 0 radical (unpaired) electrons. The van der Waals surface area contributed by atoms with Crippen LogP contribution in [-0.4, -0.2) is 61.3 Å². The maximum absolute atomic E-state index is 5.31. The maximum atomic E-state index is 5.31. The average Bonchev–Trinajstić information content (AvgIpc) is 2.17. The van der Waals surface area contributed by atoms with Crippen molar-refractivity contribution >= 4 is 0 Å².